The number of nitrogens with zero attached hydrogens (tertiary/aromatic N) is 4. The van der Waals surface area contributed by atoms with Gasteiger partial charge in [-0.3, -0.25) is 14.7 Å². The van der Waals surface area contributed by atoms with E-state index in [0.717, 1.165) is 12.8 Å². The number of fused-ring (bicyclic) bond motifs is 1. The quantitative estimate of drug-likeness (QED) is 0.547. The molecule has 0 radical (unpaired) electrons. The topological polar surface area (TPSA) is 139 Å². The predicted octanol–water partition coefficient (Wildman–Crippen LogP) is 1.83. The molecule has 1 aliphatic rings. The molecule has 3 aromatic heterocycles. The smallest absolute Gasteiger partial charge is 0.314 e. The molecular formula is C20H25N7O3. The van der Waals surface area contributed by atoms with Crippen molar-refractivity contribution in [2.45, 2.75) is 19.8 Å². The van der Waals surface area contributed by atoms with Gasteiger partial charge in [0.15, 0.2) is 0 Å². The summed E-state index contributed by atoms with van der Waals surface area (Å²) in [4.78, 5) is 33.9. The lowest BCUT2D eigenvalue weighted by Gasteiger charge is -2.30. The highest BCUT2D eigenvalue weighted by atomic mass is 16.5. The number of carbonyl (C=O) groups is 2. The van der Waals surface area contributed by atoms with E-state index in [9.17, 15) is 9.59 Å². The van der Waals surface area contributed by atoms with E-state index in [4.69, 9.17) is 10.5 Å². The second-order valence-electron chi connectivity index (χ2n) is 7.04. The van der Waals surface area contributed by atoms with Gasteiger partial charge in [-0.15, -0.1) is 0 Å². The van der Waals surface area contributed by atoms with Gasteiger partial charge < -0.3 is 20.7 Å². The lowest BCUT2D eigenvalue weighted by atomic mass is 10.0. The zero-order valence-corrected chi connectivity index (χ0v) is 17.0. The maximum Gasteiger partial charge on any atom is 0.314 e. The van der Waals surface area contributed by atoms with Crippen LogP contribution in [0, 0.1) is 5.92 Å². The van der Waals surface area contributed by atoms with Crippen LogP contribution in [0.1, 0.15) is 19.8 Å². The standard InChI is InChI=1S/C14H18N6O2.C6H7NO/c1-8-3-2-4-20(7-8)14(22)13(21)18-10-6-16-12(15)9-5-17-19-11(9)10;1-8-6-4-2-3-5-7-6/h5-6,8H,2-4,7H2,1H3,(H2,15,16)(H,17,19)(H,18,21);2-5H,1H3. The molecule has 158 valence electrons. The van der Waals surface area contributed by atoms with Gasteiger partial charge >= 0.3 is 11.8 Å². The zero-order chi connectivity index (χ0) is 21.5. The Bertz CT molecular complexity index is 1010. The number of aromatic nitrogens is 4. The number of hydrogen-bond acceptors (Lipinski definition) is 7. The summed E-state index contributed by atoms with van der Waals surface area (Å²) in [5.74, 6) is 0.209. The second kappa shape index (κ2) is 9.68. The Morgan fingerprint density at radius 1 is 1.30 bits per heavy atom. The van der Waals surface area contributed by atoms with Crippen LogP contribution < -0.4 is 15.8 Å². The highest BCUT2D eigenvalue weighted by molar-refractivity contribution is 6.40. The summed E-state index contributed by atoms with van der Waals surface area (Å²) in [7, 11) is 1.60. The number of hydrogen-bond donors (Lipinski definition) is 3. The first-order valence-electron chi connectivity index (χ1n) is 9.62. The van der Waals surface area contributed by atoms with Crippen LogP contribution in [0.4, 0.5) is 11.5 Å². The second-order valence-corrected chi connectivity index (χ2v) is 7.04. The van der Waals surface area contributed by atoms with Crippen LogP contribution in [0.2, 0.25) is 0 Å². The van der Waals surface area contributed by atoms with E-state index in [1.165, 1.54) is 12.4 Å². The molecule has 1 saturated heterocycles. The van der Waals surface area contributed by atoms with Crippen molar-refractivity contribution in [3.05, 3.63) is 36.8 Å². The van der Waals surface area contributed by atoms with Crippen molar-refractivity contribution in [3.63, 3.8) is 0 Å². The lowest BCUT2D eigenvalue weighted by molar-refractivity contribution is -0.144. The van der Waals surface area contributed by atoms with Crippen LogP contribution in [-0.2, 0) is 9.59 Å². The number of piperidine rings is 1. The summed E-state index contributed by atoms with van der Waals surface area (Å²) >= 11 is 0. The van der Waals surface area contributed by atoms with Gasteiger partial charge in [0, 0.05) is 25.4 Å². The highest BCUT2D eigenvalue weighted by Gasteiger charge is 2.26. The van der Waals surface area contributed by atoms with Gasteiger partial charge in [-0.1, -0.05) is 13.0 Å². The minimum absolute atomic E-state index is 0.318. The van der Waals surface area contributed by atoms with Crippen molar-refractivity contribution in [1.29, 1.82) is 0 Å². The molecule has 4 heterocycles. The van der Waals surface area contributed by atoms with Crippen molar-refractivity contribution in [2.75, 3.05) is 31.2 Å². The van der Waals surface area contributed by atoms with Crippen LogP contribution in [-0.4, -0.2) is 57.1 Å². The van der Waals surface area contributed by atoms with Gasteiger partial charge in [0.05, 0.1) is 36.1 Å². The highest BCUT2D eigenvalue weighted by Crippen LogP contribution is 2.24. The number of carbonyl (C=O) groups excluding carboxylic acids is 2. The zero-order valence-electron chi connectivity index (χ0n) is 17.0. The van der Waals surface area contributed by atoms with Crippen molar-refractivity contribution >= 4 is 34.2 Å². The van der Waals surface area contributed by atoms with Crippen LogP contribution in [0.5, 0.6) is 5.88 Å². The fourth-order valence-electron chi connectivity index (χ4n) is 3.21. The Balaban J connectivity index is 0.000000269. The average molecular weight is 411 g/mol. The van der Waals surface area contributed by atoms with E-state index >= 15 is 0 Å². The molecule has 1 unspecified atom stereocenters. The average Bonchev–Trinajstić information content (AvgIpc) is 3.27. The van der Waals surface area contributed by atoms with E-state index in [1.54, 1.807) is 24.3 Å². The monoisotopic (exact) mass is 411 g/mol. The molecule has 0 saturated carbocycles. The summed E-state index contributed by atoms with van der Waals surface area (Å²) < 4.78 is 4.80. The Labute approximate surface area is 173 Å². The third-order valence-corrected chi connectivity index (χ3v) is 4.75. The Morgan fingerprint density at radius 2 is 2.13 bits per heavy atom. The number of aromatic amines is 1. The Kier molecular flexibility index (Phi) is 6.79. The van der Waals surface area contributed by atoms with E-state index in [2.05, 4.69) is 32.4 Å². The number of nitrogens with two attached hydrogens (primary N) is 1. The molecule has 1 fully saturated rings. The van der Waals surface area contributed by atoms with E-state index in [1.807, 2.05) is 12.1 Å². The number of methoxy groups -OCH3 is 1. The first kappa shape index (κ1) is 21.0. The lowest BCUT2D eigenvalue weighted by Crippen LogP contribution is -2.44. The summed E-state index contributed by atoms with van der Waals surface area (Å²) in [5, 5.41) is 9.83. The van der Waals surface area contributed by atoms with E-state index in [-0.39, 0.29) is 0 Å². The van der Waals surface area contributed by atoms with E-state index < -0.39 is 11.8 Å². The predicted molar refractivity (Wildman–Crippen MR) is 113 cm³/mol. The summed E-state index contributed by atoms with van der Waals surface area (Å²) in [6.45, 7) is 3.32. The summed E-state index contributed by atoms with van der Waals surface area (Å²) in [6, 6.07) is 5.54. The Morgan fingerprint density at radius 3 is 2.80 bits per heavy atom. The third-order valence-electron chi connectivity index (χ3n) is 4.75. The number of ether oxygens (including phenoxy) is 1. The number of likely N-dealkylation sites (tertiary alicyclic amines) is 1. The van der Waals surface area contributed by atoms with Gasteiger partial charge in [-0.05, 0) is 24.8 Å². The molecule has 4 rings (SSSR count). The number of pyridine rings is 2. The number of nitrogen functional groups attached to an aromatic ring is 1. The fraction of sp³-hybridized carbons (Fsp3) is 0.350. The largest absolute Gasteiger partial charge is 0.481 e. The van der Waals surface area contributed by atoms with Crippen molar-refractivity contribution in [1.82, 2.24) is 25.1 Å². The number of nitrogens with one attached hydrogen (secondary N) is 2. The first-order valence-corrected chi connectivity index (χ1v) is 9.62. The molecule has 0 aliphatic carbocycles. The van der Waals surface area contributed by atoms with Gasteiger partial charge in [-0.2, -0.15) is 5.10 Å². The minimum Gasteiger partial charge on any atom is -0.481 e. The molecule has 1 atom stereocenters. The normalized spacial score (nSPS) is 15.8. The molecule has 0 spiro atoms. The molecule has 1 aliphatic heterocycles. The molecule has 30 heavy (non-hydrogen) atoms. The van der Waals surface area contributed by atoms with Gasteiger partial charge in [-0.25, -0.2) is 9.97 Å². The molecule has 3 aromatic rings. The molecule has 0 aromatic carbocycles. The molecule has 10 heteroatoms. The number of rotatable bonds is 2. The molecule has 0 bridgehead atoms. The van der Waals surface area contributed by atoms with Crippen molar-refractivity contribution in [2.24, 2.45) is 5.92 Å². The Hall–Kier alpha value is -3.69. The van der Waals surface area contributed by atoms with Crippen LogP contribution in [0.15, 0.2) is 36.8 Å². The maximum atomic E-state index is 12.2. The molecule has 2 amide bonds. The fourth-order valence-corrected chi connectivity index (χ4v) is 3.21. The van der Waals surface area contributed by atoms with Gasteiger partial charge in [0.1, 0.15) is 5.82 Å². The van der Waals surface area contributed by atoms with Crippen LogP contribution in [0.3, 0.4) is 0 Å². The van der Waals surface area contributed by atoms with E-state index in [0.29, 0.717) is 47.3 Å². The maximum absolute atomic E-state index is 12.2. The number of anilines is 2. The molecule has 4 N–H and O–H groups in total. The van der Waals surface area contributed by atoms with Crippen LogP contribution >= 0.6 is 0 Å². The third kappa shape index (κ3) is 5.02. The van der Waals surface area contributed by atoms with Crippen molar-refractivity contribution < 1.29 is 14.3 Å². The summed E-state index contributed by atoms with van der Waals surface area (Å²) in [6.07, 6.45) is 6.65. The first-order chi connectivity index (χ1) is 14.5. The van der Waals surface area contributed by atoms with Gasteiger partial charge in [0.2, 0.25) is 5.88 Å². The number of H-pyrrole nitrogens is 1. The number of amides is 2. The summed E-state index contributed by atoms with van der Waals surface area (Å²) in [5.41, 5.74) is 6.68. The van der Waals surface area contributed by atoms with Crippen molar-refractivity contribution in [3.8, 4) is 5.88 Å². The molecular weight excluding hydrogens is 386 g/mol. The molecule has 10 nitrogen and oxygen atoms in total. The van der Waals surface area contributed by atoms with Crippen LogP contribution in [0.25, 0.3) is 10.9 Å². The minimum atomic E-state index is -0.670. The SMILES string of the molecule is CC1CCCN(C(=O)C(=O)Nc2cnc(N)c3cn[nH]c23)C1.COc1ccccn1. The van der Waals surface area contributed by atoms with Gasteiger partial charge in [0.25, 0.3) is 0 Å².